The molecule has 0 saturated heterocycles. The maximum absolute atomic E-state index is 12.5. The van der Waals surface area contributed by atoms with E-state index in [0.29, 0.717) is 18.0 Å². The van der Waals surface area contributed by atoms with Crippen molar-refractivity contribution >= 4 is 17.9 Å². The van der Waals surface area contributed by atoms with Crippen molar-refractivity contribution in [3.8, 4) is 5.75 Å². The number of ether oxygens (including phenoxy) is 3. The smallest absolute Gasteiger partial charge is 0.449 e. The van der Waals surface area contributed by atoms with E-state index in [2.05, 4.69) is 12.2 Å². The molecular weight excluding hydrogens is 430 g/mol. The average molecular weight is 478 g/mol. The molecule has 0 aromatic heterocycles. The van der Waals surface area contributed by atoms with Gasteiger partial charge in [0.2, 0.25) is 0 Å². The van der Waals surface area contributed by atoms with E-state index in [9.17, 15) is 9.59 Å². The summed E-state index contributed by atoms with van der Waals surface area (Å²) < 4.78 is 16.6. The Bertz CT molecular complexity index is 775. The van der Waals surface area contributed by atoms with Gasteiger partial charge in [-0.25, -0.2) is 9.59 Å². The molecule has 6 nitrogen and oxygen atoms in total. The maximum Gasteiger partial charge on any atom is 0.514 e. The first kappa shape index (κ1) is 29.8. The van der Waals surface area contributed by atoms with Crippen LogP contribution in [0.2, 0.25) is 0 Å². The molecular formula is C28H47NO5. The van der Waals surface area contributed by atoms with Crippen LogP contribution in [0.4, 0.5) is 15.3 Å². The van der Waals surface area contributed by atoms with Crippen LogP contribution in [0.1, 0.15) is 119 Å². The fraction of sp³-hybridized carbons (Fsp3) is 0.714. The van der Waals surface area contributed by atoms with Gasteiger partial charge < -0.3 is 14.2 Å². The first-order valence-corrected chi connectivity index (χ1v) is 12.6. The summed E-state index contributed by atoms with van der Waals surface area (Å²) in [4.78, 5) is 25.0. The first-order valence-electron chi connectivity index (χ1n) is 12.6. The van der Waals surface area contributed by atoms with Crippen molar-refractivity contribution in [2.24, 2.45) is 0 Å². The third-order valence-electron chi connectivity index (χ3n) is 5.26. The summed E-state index contributed by atoms with van der Waals surface area (Å²) in [6, 6.07) is 3.70. The fourth-order valence-electron chi connectivity index (χ4n) is 3.48. The van der Waals surface area contributed by atoms with Crippen LogP contribution in [0.5, 0.6) is 5.75 Å². The average Bonchev–Trinajstić information content (AvgIpc) is 2.65. The van der Waals surface area contributed by atoms with Crippen LogP contribution in [0.25, 0.3) is 0 Å². The van der Waals surface area contributed by atoms with E-state index >= 15 is 0 Å². The summed E-state index contributed by atoms with van der Waals surface area (Å²) in [7, 11) is 0. The van der Waals surface area contributed by atoms with Gasteiger partial charge in [-0.15, -0.1) is 0 Å². The van der Waals surface area contributed by atoms with Gasteiger partial charge in [-0.2, -0.15) is 0 Å². The Morgan fingerprint density at radius 1 is 0.794 bits per heavy atom. The van der Waals surface area contributed by atoms with Gasteiger partial charge >= 0.3 is 12.2 Å². The summed E-state index contributed by atoms with van der Waals surface area (Å²) in [6.45, 7) is 20.2. The molecule has 0 unspecified atom stereocenters. The highest BCUT2D eigenvalue weighted by molar-refractivity contribution is 5.85. The summed E-state index contributed by atoms with van der Waals surface area (Å²) in [6.07, 6.45) is 5.56. The van der Waals surface area contributed by atoms with Gasteiger partial charge in [-0.3, -0.25) is 5.32 Å². The van der Waals surface area contributed by atoms with Crippen LogP contribution >= 0.6 is 0 Å². The molecule has 1 amide bonds. The van der Waals surface area contributed by atoms with E-state index < -0.39 is 17.8 Å². The first-order chi connectivity index (χ1) is 15.5. The monoisotopic (exact) mass is 477 g/mol. The normalized spacial score (nSPS) is 12.3. The minimum Gasteiger partial charge on any atom is -0.449 e. The Balaban J connectivity index is 3.10. The number of unbranched alkanes of at least 4 members (excludes halogenated alkanes) is 5. The topological polar surface area (TPSA) is 73.9 Å². The zero-order valence-electron chi connectivity index (χ0n) is 23.1. The minimum atomic E-state index is -0.748. The lowest BCUT2D eigenvalue weighted by molar-refractivity contribution is 0.0199. The fourth-order valence-corrected chi connectivity index (χ4v) is 3.48. The summed E-state index contributed by atoms with van der Waals surface area (Å²) in [5, 5.41) is 2.86. The number of hydrogen-bond donors (Lipinski definition) is 1. The van der Waals surface area contributed by atoms with E-state index in [0.717, 1.165) is 24.0 Å². The summed E-state index contributed by atoms with van der Waals surface area (Å²) in [5.74, 6) is 0.472. The molecule has 0 aliphatic rings. The second-order valence-corrected chi connectivity index (χ2v) is 12.0. The molecule has 34 heavy (non-hydrogen) atoms. The lowest BCUT2D eigenvalue weighted by Crippen LogP contribution is -2.28. The highest BCUT2D eigenvalue weighted by Crippen LogP contribution is 2.42. The zero-order chi connectivity index (χ0) is 26.2. The van der Waals surface area contributed by atoms with Crippen molar-refractivity contribution in [2.45, 2.75) is 124 Å². The van der Waals surface area contributed by atoms with Gasteiger partial charge in [-0.1, -0.05) is 80.6 Å². The molecule has 1 N–H and O–H groups in total. The Kier molecular flexibility index (Phi) is 10.9. The van der Waals surface area contributed by atoms with E-state index in [1.54, 1.807) is 20.8 Å². The Labute approximate surface area is 207 Å². The Morgan fingerprint density at radius 3 is 1.76 bits per heavy atom. The molecule has 0 bridgehead atoms. The molecule has 0 aliphatic carbocycles. The quantitative estimate of drug-likeness (QED) is 0.219. The minimum absolute atomic E-state index is 0.350. The van der Waals surface area contributed by atoms with Crippen LogP contribution in [0.15, 0.2) is 12.1 Å². The second kappa shape index (κ2) is 12.5. The third kappa shape index (κ3) is 10.8. The van der Waals surface area contributed by atoms with Gasteiger partial charge in [0.05, 0.1) is 6.61 Å². The molecule has 0 atom stereocenters. The van der Waals surface area contributed by atoms with Gasteiger partial charge in [0.15, 0.2) is 0 Å². The van der Waals surface area contributed by atoms with Crippen LogP contribution < -0.4 is 10.1 Å². The molecule has 194 valence electrons. The molecule has 0 spiro atoms. The predicted molar refractivity (Wildman–Crippen MR) is 139 cm³/mol. The molecule has 1 aromatic rings. The third-order valence-corrected chi connectivity index (χ3v) is 5.26. The van der Waals surface area contributed by atoms with Gasteiger partial charge in [0.1, 0.15) is 11.4 Å². The van der Waals surface area contributed by atoms with Crippen molar-refractivity contribution in [1.29, 1.82) is 0 Å². The number of carbonyl (C=O) groups is 2. The van der Waals surface area contributed by atoms with Crippen molar-refractivity contribution in [1.82, 2.24) is 0 Å². The molecule has 0 radical (unpaired) electrons. The standard InChI is InChI=1S/C28H47NO5/c1-11-12-13-14-15-16-17-32-24(30)29-20-18-21(26(2,3)4)23(22(19-20)27(5,6)7)33-25(31)34-28(8,9)10/h18-19H,11-17H2,1-10H3,(H,29,30). The molecule has 0 heterocycles. The van der Waals surface area contributed by atoms with Crippen molar-refractivity contribution < 1.29 is 23.8 Å². The number of carbonyl (C=O) groups excluding carboxylic acids is 2. The van der Waals surface area contributed by atoms with Crippen LogP contribution in [-0.2, 0) is 20.3 Å². The summed E-state index contributed by atoms with van der Waals surface area (Å²) in [5.41, 5.74) is 0.852. The van der Waals surface area contributed by atoms with Crippen molar-refractivity contribution in [3.05, 3.63) is 23.3 Å². The number of benzene rings is 1. The molecule has 0 saturated carbocycles. The number of hydrogen-bond acceptors (Lipinski definition) is 5. The molecule has 1 aromatic carbocycles. The van der Waals surface area contributed by atoms with E-state index in [1.165, 1.54) is 25.7 Å². The number of rotatable bonds is 9. The van der Waals surface area contributed by atoms with E-state index in [1.807, 2.05) is 53.7 Å². The maximum atomic E-state index is 12.5. The predicted octanol–water partition coefficient (Wildman–Crippen LogP) is 8.50. The summed E-state index contributed by atoms with van der Waals surface area (Å²) >= 11 is 0. The van der Waals surface area contributed by atoms with Crippen molar-refractivity contribution in [3.63, 3.8) is 0 Å². The number of anilines is 1. The largest absolute Gasteiger partial charge is 0.514 e. The molecule has 6 heteroatoms. The van der Waals surface area contributed by atoms with Crippen LogP contribution in [0, 0.1) is 0 Å². The van der Waals surface area contributed by atoms with Crippen molar-refractivity contribution in [2.75, 3.05) is 11.9 Å². The van der Waals surface area contributed by atoms with Gasteiger partial charge in [0, 0.05) is 16.8 Å². The van der Waals surface area contributed by atoms with E-state index in [4.69, 9.17) is 14.2 Å². The molecule has 0 fully saturated rings. The zero-order valence-corrected chi connectivity index (χ0v) is 23.1. The SMILES string of the molecule is CCCCCCCCOC(=O)Nc1cc(C(C)(C)C)c(OC(=O)OC(C)(C)C)c(C(C)(C)C)c1. The highest BCUT2D eigenvalue weighted by atomic mass is 16.7. The van der Waals surface area contributed by atoms with Gasteiger partial charge in [0.25, 0.3) is 0 Å². The second-order valence-electron chi connectivity index (χ2n) is 12.0. The van der Waals surface area contributed by atoms with Crippen LogP contribution in [-0.4, -0.2) is 24.5 Å². The number of nitrogens with one attached hydrogen (secondary N) is 1. The Hall–Kier alpha value is -2.24. The molecule has 0 aliphatic heterocycles. The molecule has 1 rings (SSSR count). The lowest BCUT2D eigenvalue weighted by Gasteiger charge is -2.30. The lowest BCUT2D eigenvalue weighted by atomic mass is 9.79. The van der Waals surface area contributed by atoms with E-state index in [-0.39, 0.29) is 10.8 Å². The van der Waals surface area contributed by atoms with Crippen LogP contribution in [0.3, 0.4) is 0 Å². The number of amides is 1. The Morgan fingerprint density at radius 2 is 1.29 bits per heavy atom. The van der Waals surface area contributed by atoms with Gasteiger partial charge in [-0.05, 0) is 50.2 Å². The highest BCUT2D eigenvalue weighted by Gasteiger charge is 2.31.